The van der Waals surface area contributed by atoms with E-state index in [-0.39, 0.29) is 0 Å². The molecule has 2 aromatic rings. The molecule has 0 bridgehead atoms. The Balaban J connectivity index is 2.26. The highest BCUT2D eigenvalue weighted by Gasteiger charge is 2.22. The Labute approximate surface area is 116 Å². The van der Waals surface area contributed by atoms with Crippen molar-refractivity contribution in [2.75, 3.05) is 6.54 Å². The first-order chi connectivity index (χ1) is 9.63. The Kier molecular flexibility index (Phi) is 4.45. The smallest absolute Gasteiger partial charge is 0.260 e. The summed E-state index contributed by atoms with van der Waals surface area (Å²) in [4.78, 5) is 13.7. The van der Waals surface area contributed by atoms with Crippen molar-refractivity contribution >= 4 is 5.91 Å². The Hall–Kier alpha value is -2.23. The Morgan fingerprint density at radius 1 is 1.00 bits per heavy atom. The normalized spacial score (nSPS) is 10.3. The van der Waals surface area contributed by atoms with Crippen molar-refractivity contribution in [2.24, 2.45) is 0 Å². The van der Waals surface area contributed by atoms with Gasteiger partial charge in [-0.15, -0.1) is 0 Å². The molecule has 1 amide bonds. The van der Waals surface area contributed by atoms with Crippen LogP contribution in [0.2, 0.25) is 0 Å². The molecular weight excluding hydrogens is 260 g/mol. The fourth-order valence-electron chi connectivity index (χ4n) is 1.99. The van der Waals surface area contributed by atoms with Gasteiger partial charge in [-0.25, -0.2) is 8.78 Å². The van der Waals surface area contributed by atoms with Crippen molar-refractivity contribution in [3.05, 3.63) is 71.3 Å². The largest absolute Gasteiger partial charge is 0.334 e. The van der Waals surface area contributed by atoms with Gasteiger partial charge in [0.05, 0.1) is 0 Å². The molecule has 0 aliphatic carbocycles. The highest BCUT2D eigenvalue weighted by molar-refractivity contribution is 5.94. The van der Waals surface area contributed by atoms with Crippen molar-refractivity contribution in [3.63, 3.8) is 0 Å². The van der Waals surface area contributed by atoms with Gasteiger partial charge >= 0.3 is 0 Å². The van der Waals surface area contributed by atoms with Crippen LogP contribution >= 0.6 is 0 Å². The van der Waals surface area contributed by atoms with Gasteiger partial charge in [0.25, 0.3) is 5.91 Å². The summed E-state index contributed by atoms with van der Waals surface area (Å²) in [5.41, 5.74) is 0.421. The summed E-state index contributed by atoms with van der Waals surface area (Å²) in [5, 5.41) is 0. The Morgan fingerprint density at radius 2 is 1.60 bits per heavy atom. The quantitative estimate of drug-likeness (QED) is 0.834. The lowest BCUT2D eigenvalue weighted by Gasteiger charge is -2.21. The molecule has 0 fully saturated rings. The van der Waals surface area contributed by atoms with E-state index in [1.807, 2.05) is 30.3 Å². The molecule has 0 atom stereocenters. The molecule has 4 heteroatoms. The molecular formula is C16H15F2NO. The zero-order chi connectivity index (χ0) is 14.5. The minimum Gasteiger partial charge on any atom is -0.334 e. The summed E-state index contributed by atoms with van der Waals surface area (Å²) in [6.07, 6.45) is 0. The van der Waals surface area contributed by atoms with Gasteiger partial charge in [0.15, 0.2) is 0 Å². The third-order valence-electron chi connectivity index (χ3n) is 3.06. The van der Waals surface area contributed by atoms with Crippen LogP contribution in [0.1, 0.15) is 22.8 Å². The van der Waals surface area contributed by atoms with E-state index in [0.29, 0.717) is 13.1 Å². The lowest BCUT2D eigenvalue weighted by molar-refractivity contribution is 0.0742. The highest BCUT2D eigenvalue weighted by atomic mass is 19.1. The zero-order valence-corrected chi connectivity index (χ0v) is 11.1. The molecule has 0 aliphatic heterocycles. The van der Waals surface area contributed by atoms with Gasteiger partial charge < -0.3 is 4.90 Å². The molecule has 0 unspecified atom stereocenters. The molecule has 2 nitrogen and oxygen atoms in total. The second-order valence-corrected chi connectivity index (χ2v) is 4.40. The molecule has 0 heterocycles. The molecule has 0 saturated heterocycles. The molecule has 2 aromatic carbocycles. The van der Waals surface area contributed by atoms with E-state index in [1.165, 1.54) is 11.0 Å². The van der Waals surface area contributed by atoms with Crippen molar-refractivity contribution in [3.8, 4) is 0 Å². The SMILES string of the molecule is CCN(Cc1ccccc1)C(=O)c1c(F)cccc1F. The summed E-state index contributed by atoms with van der Waals surface area (Å²) < 4.78 is 27.3. The van der Waals surface area contributed by atoms with Gasteiger partial charge in [-0.05, 0) is 24.6 Å². The van der Waals surface area contributed by atoms with Gasteiger partial charge in [-0.1, -0.05) is 36.4 Å². The monoisotopic (exact) mass is 275 g/mol. The van der Waals surface area contributed by atoms with Gasteiger partial charge in [0.2, 0.25) is 0 Å². The average Bonchev–Trinajstić information content (AvgIpc) is 2.45. The molecule has 0 N–H and O–H groups in total. The van der Waals surface area contributed by atoms with Crippen LogP contribution in [0.4, 0.5) is 8.78 Å². The number of benzene rings is 2. The molecule has 0 radical (unpaired) electrons. The number of hydrogen-bond acceptors (Lipinski definition) is 1. The second kappa shape index (κ2) is 6.28. The van der Waals surface area contributed by atoms with Crippen LogP contribution in [0.5, 0.6) is 0 Å². The van der Waals surface area contributed by atoms with Crippen LogP contribution in [0.3, 0.4) is 0 Å². The van der Waals surface area contributed by atoms with Crippen molar-refractivity contribution in [2.45, 2.75) is 13.5 Å². The number of nitrogens with zero attached hydrogens (tertiary/aromatic N) is 1. The van der Waals surface area contributed by atoms with Gasteiger partial charge in [-0.3, -0.25) is 4.79 Å². The summed E-state index contributed by atoms with van der Waals surface area (Å²) in [6, 6.07) is 12.8. The van der Waals surface area contributed by atoms with Crippen LogP contribution < -0.4 is 0 Å². The summed E-state index contributed by atoms with van der Waals surface area (Å²) in [5.74, 6) is -2.30. The number of amides is 1. The van der Waals surface area contributed by atoms with Gasteiger partial charge in [-0.2, -0.15) is 0 Å². The van der Waals surface area contributed by atoms with E-state index < -0.39 is 23.1 Å². The van der Waals surface area contributed by atoms with Crippen LogP contribution in [-0.2, 0) is 6.54 Å². The van der Waals surface area contributed by atoms with Gasteiger partial charge in [0, 0.05) is 13.1 Å². The maximum atomic E-state index is 13.6. The number of hydrogen-bond donors (Lipinski definition) is 0. The van der Waals surface area contributed by atoms with E-state index in [9.17, 15) is 13.6 Å². The first-order valence-electron chi connectivity index (χ1n) is 6.40. The first kappa shape index (κ1) is 14.2. The van der Waals surface area contributed by atoms with E-state index in [1.54, 1.807) is 6.92 Å². The van der Waals surface area contributed by atoms with Gasteiger partial charge in [0.1, 0.15) is 17.2 Å². The first-order valence-corrected chi connectivity index (χ1v) is 6.40. The molecule has 2 rings (SSSR count). The standard InChI is InChI=1S/C16H15F2NO/c1-2-19(11-12-7-4-3-5-8-12)16(20)15-13(17)9-6-10-14(15)18/h3-10H,2,11H2,1H3. The predicted molar refractivity (Wildman–Crippen MR) is 73.2 cm³/mol. The number of rotatable bonds is 4. The summed E-state index contributed by atoms with van der Waals surface area (Å²) >= 11 is 0. The lowest BCUT2D eigenvalue weighted by atomic mass is 10.1. The van der Waals surface area contributed by atoms with Crippen LogP contribution in [-0.4, -0.2) is 17.4 Å². The number of carbonyl (C=O) groups is 1. The van der Waals surface area contributed by atoms with Crippen LogP contribution in [0.25, 0.3) is 0 Å². The van der Waals surface area contributed by atoms with Crippen LogP contribution in [0, 0.1) is 11.6 Å². The topological polar surface area (TPSA) is 20.3 Å². The summed E-state index contributed by atoms with van der Waals surface area (Å²) in [6.45, 7) is 2.48. The van der Waals surface area contributed by atoms with E-state index in [4.69, 9.17) is 0 Å². The van der Waals surface area contributed by atoms with Crippen LogP contribution in [0.15, 0.2) is 48.5 Å². The van der Waals surface area contributed by atoms with Crippen molar-refractivity contribution < 1.29 is 13.6 Å². The molecule has 0 aromatic heterocycles. The maximum Gasteiger partial charge on any atom is 0.260 e. The second-order valence-electron chi connectivity index (χ2n) is 4.40. The molecule has 0 saturated carbocycles. The van der Waals surface area contributed by atoms with E-state index in [0.717, 1.165) is 17.7 Å². The third-order valence-corrected chi connectivity index (χ3v) is 3.06. The fraction of sp³-hybridized carbons (Fsp3) is 0.188. The zero-order valence-electron chi connectivity index (χ0n) is 11.1. The predicted octanol–water partition coefficient (Wildman–Crippen LogP) is 3.63. The van der Waals surface area contributed by atoms with Crippen molar-refractivity contribution in [1.82, 2.24) is 4.90 Å². The molecule has 20 heavy (non-hydrogen) atoms. The molecule has 0 spiro atoms. The van der Waals surface area contributed by atoms with E-state index in [2.05, 4.69) is 0 Å². The average molecular weight is 275 g/mol. The molecule has 104 valence electrons. The lowest BCUT2D eigenvalue weighted by Crippen LogP contribution is -2.31. The minimum absolute atomic E-state index is 0.323. The van der Waals surface area contributed by atoms with Crippen molar-refractivity contribution in [1.29, 1.82) is 0 Å². The minimum atomic E-state index is -0.832. The fourth-order valence-corrected chi connectivity index (χ4v) is 1.99. The summed E-state index contributed by atoms with van der Waals surface area (Å²) in [7, 11) is 0. The Morgan fingerprint density at radius 3 is 2.15 bits per heavy atom. The molecule has 0 aliphatic rings. The number of halogens is 2. The van der Waals surface area contributed by atoms with E-state index >= 15 is 0 Å². The highest BCUT2D eigenvalue weighted by Crippen LogP contribution is 2.16. The maximum absolute atomic E-state index is 13.6. The Bertz CT molecular complexity index is 578. The number of carbonyl (C=O) groups excluding carboxylic acids is 1. The third kappa shape index (κ3) is 3.02.